The maximum absolute atomic E-state index is 11.7. The van der Waals surface area contributed by atoms with Crippen LogP contribution in [0.25, 0.3) is 0 Å². The van der Waals surface area contributed by atoms with Gasteiger partial charge in [0.2, 0.25) is 0 Å². The predicted molar refractivity (Wildman–Crippen MR) is 62.4 cm³/mol. The third-order valence-corrected chi connectivity index (χ3v) is 3.81. The van der Waals surface area contributed by atoms with Crippen LogP contribution in [0.1, 0.15) is 39.0 Å². The van der Waals surface area contributed by atoms with E-state index in [2.05, 4.69) is 12.2 Å². The van der Waals surface area contributed by atoms with Crippen LogP contribution in [0.2, 0.25) is 0 Å². The molecule has 0 unspecified atom stereocenters. The van der Waals surface area contributed by atoms with Gasteiger partial charge in [0.05, 0.1) is 6.61 Å². The molecule has 2 fully saturated rings. The fraction of sp³-hybridized carbons (Fsp3) is 0.917. The maximum atomic E-state index is 11.7. The van der Waals surface area contributed by atoms with Gasteiger partial charge in [-0.1, -0.05) is 13.3 Å². The van der Waals surface area contributed by atoms with E-state index in [0.717, 1.165) is 45.3 Å². The average Bonchev–Trinajstić information content (AvgIpc) is 2.27. The van der Waals surface area contributed by atoms with Crippen molar-refractivity contribution in [3.8, 4) is 0 Å². The zero-order valence-corrected chi connectivity index (χ0v) is 10.1. The van der Waals surface area contributed by atoms with Crippen molar-refractivity contribution in [2.24, 2.45) is 0 Å². The standard InChI is InChI=1S/C12H22N2O2/c1-2-3-10-16-11(15)14-8-5-12(6-9-14)4-7-13-12/h13H,2-10H2,1H3. The van der Waals surface area contributed by atoms with Gasteiger partial charge in [0.25, 0.3) is 0 Å². The Balaban J connectivity index is 1.69. The molecule has 0 aromatic carbocycles. The van der Waals surface area contributed by atoms with Gasteiger partial charge in [-0.25, -0.2) is 4.79 Å². The van der Waals surface area contributed by atoms with Crippen LogP contribution in [0, 0.1) is 0 Å². The van der Waals surface area contributed by atoms with Gasteiger partial charge >= 0.3 is 6.09 Å². The molecule has 0 atom stereocenters. The van der Waals surface area contributed by atoms with Crippen LogP contribution in [0.3, 0.4) is 0 Å². The molecule has 2 saturated heterocycles. The van der Waals surface area contributed by atoms with Gasteiger partial charge in [-0.05, 0) is 32.2 Å². The van der Waals surface area contributed by atoms with Crippen LogP contribution in [-0.4, -0.2) is 42.8 Å². The minimum Gasteiger partial charge on any atom is -0.449 e. The van der Waals surface area contributed by atoms with E-state index in [1.54, 1.807) is 0 Å². The summed E-state index contributed by atoms with van der Waals surface area (Å²) in [6.45, 7) is 5.49. The van der Waals surface area contributed by atoms with Crippen molar-refractivity contribution in [3.05, 3.63) is 0 Å². The van der Waals surface area contributed by atoms with Crippen molar-refractivity contribution in [2.45, 2.75) is 44.6 Å². The van der Waals surface area contributed by atoms with Gasteiger partial charge in [0.15, 0.2) is 0 Å². The number of nitrogens with one attached hydrogen (secondary N) is 1. The predicted octanol–water partition coefficient (Wildman–Crippen LogP) is 1.75. The molecule has 0 aromatic heterocycles. The largest absolute Gasteiger partial charge is 0.449 e. The van der Waals surface area contributed by atoms with Crippen molar-refractivity contribution in [2.75, 3.05) is 26.2 Å². The van der Waals surface area contributed by atoms with Gasteiger partial charge in [-0.2, -0.15) is 0 Å². The number of hydrogen-bond acceptors (Lipinski definition) is 3. The number of amides is 1. The van der Waals surface area contributed by atoms with E-state index in [9.17, 15) is 4.79 Å². The highest BCUT2D eigenvalue weighted by Gasteiger charge is 2.40. The van der Waals surface area contributed by atoms with Gasteiger partial charge < -0.3 is 15.0 Å². The summed E-state index contributed by atoms with van der Waals surface area (Å²) in [5.41, 5.74) is 0.361. The molecule has 4 heteroatoms. The molecule has 2 rings (SSSR count). The Morgan fingerprint density at radius 2 is 2.06 bits per heavy atom. The van der Waals surface area contributed by atoms with E-state index >= 15 is 0 Å². The van der Waals surface area contributed by atoms with Crippen molar-refractivity contribution in [3.63, 3.8) is 0 Å². The molecule has 1 N–H and O–H groups in total. The van der Waals surface area contributed by atoms with E-state index < -0.39 is 0 Å². The Hall–Kier alpha value is -0.770. The molecule has 2 aliphatic rings. The summed E-state index contributed by atoms with van der Waals surface area (Å²) >= 11 is 0. The fourth-order valence-corrected chi connectivity index (χ4v) is 2.42. The summed E-state index contributed by atoms with van der Waals surface area (Å²) in [6, 6.07) is 0. The first kappa shape index (κ1) is 11.7. The molecule has 0 bridgehead atoms. The Morgan fingerprint density at radius 3 is 2.56 bits per heavy atom. The highest BCUT2D eigenvalue weighted by atomic mass is 16.6. The van der Waals surface area contributed by atoms with Gasteiger partial charge in [-0.15, -0.1) is 0 Å². The normalized spacial score (nSPS) is 22.9. The molecule has 2 aliphatic heterocycles. The number of carbonyl (C=O) groups excluding carboxylic acids is 1. The molecular weight excluding hydrogens is 204 g/mol. The molecule has 16 heavy (non-hydrogen) atoms. The second kappa shape index (κ2) is 5.04. The minimum absolute atomic E-state index is 0.123. The fourth-order valence-electron chi connectivity index (χ4n) is 2.42. The topological polar surface area (TPSA) is 41.6 Å². The first-order valence-electron chi connectivity index (χ1n) is 6.42. The van der Waals surface area contributed by atoms with E-state index in [1.807, 2.05) is 4.90 Å². The zero-order valence-electron chi connectivity index (χ0n) is 10.1. The van der Waals surface area contributed by atoms with Crippen molar-refractivity contribution >= 4 is 6.09 Å². The molecule has 0 saturated carbocycles. The number of ether oxygens (including phenoxy) is 1. The molecular formula is C12H22N2O2. The molecule has 0 aromatic rings. The summed E-state index contributed by atoms with van der Waals surface area (Å²) in [5, 5.41) is 3.49. The lowest BCUT2D eigenvalue weighted by Gasteiger charge is -2.48. The van der Waals surface area contributed by atoms with Crippen molar-refractivity contribution in [1.82, 2.24) is 10.2 Å². The molecule has 92 valence electrons. The average molecular weight is 226 g/mol. The Morgan fingerprint density at radius 1 is 1.38 bits per heavy atom. The summed E-state index contributed by atoms with van der Waals surface area (Å²) in [6.07, 6.45) is 5.34. The summed E-state index contributed by atoms with van der Waals surface area (Å²) in [5.74, 6) is 0. The number of unbranched alkanes of at least 4 members (excludes halogenated alkanes) is 1. The SMILES string of the molecule is CCCCOC(=O)N1CCC2(CCN2)CC1. The third-order valence-electron chi connectivity index (χ3n) is 3.81. The number of carbonyl (C=O) groups is 1. The highest BCUT2D eigenvalue weighted by Crippen LogP contribution is 2.31. The first-order valence-corrected chi connectivity index (χ1v) is 6.42. The van der Waals surface area contributed by atoms with E-state index in [-0.39, 0.29) is 6.09 Å². The summed E-state index contributed by atoms with van der Waals surface area (Å²) < 4.78 is 5.21. The van der Waals surface area contributed by atoms with E-state index in [1.165, 1.54) is 6.42 Å². The van der Waals surface area contributed by atoms with Crippen LogP contribution in [0.5, 0.6) is 0 Å². The second-order valence-corrected chi connectivity index (χ2v) is 4.91. The van der Waals surface area contributed by atoms with Gasteiger partial charge in [0, 0.05) is 18.6 Å². The zero-order chi connectivity index (χ0) is 11.4. The Labute approximate surface area is 97.3 Å². The molecule has 0 aliphatic carbocycles. The van der Waals surface area contributed by atoms with Crippen molar-refractivity contribution < 1.29 is 9.53 Å². The summed E-state index contributed by atoms with van der Waals surface area (Å²) in [4.78, 5) is 13.5. The molecule has 0 radical (unpaired) electrons. The number of piperidine rings is 1. The van der Waals surface area contributed by atoms with Crippen molar-refractivity contribution in [1.29, 1.82) is 0 Å². The summed E-state index contributed by atoms with van der Waals surface area (Å²) in [7, 11) is 0. The molecule has 4 nitrogen and oxygen atoms in total. The monoisotopic (exact) mass is 226 g/mol. The maximum Gasteiger partial charge on any atom is 0.409 e. The lowest BCUT2D eigenvalue weighted by Crippen LogP contribution is -2.62. The first-order chi connectivity index (χ1) is 7.76. The van der Waals surface area contributed by atoms with Crippen LogP contribution < -0.4 is 5.32 Å². The van der Waals surface area contributed by atoms with Gasteiger partial charge in [-0.3, -0.25) is 0 Å². The quantitative estimate of drug-likeness (QED) is 0.745. The van der Waals surface area contributed by atoms with E-state index in [4.69, 9.17) is 4.74 Å². The number of likely N-dealkylation sites (tertiary alicyclic amines) is 1. The Bertz CT molecular complexity index is 241. The van der Waals surface area contributed by atoms with E-state index in [0.29, 0.717) is 12.1 Å². The smallest absolute Gasteiger partial charge is 0.409 e. The van der Waals surface area contributed by atoms with Crippen LogP contribution in [-0.2, 0) is 4.74 Å². The number of rotatable bonds is 3. The minimum atomic E-state index is -0.123. The molecule has 1 amide bonds. The van der Waals surface area contributed by atoms with Gasteiger partial charge in [0.1, 0.15) is 0 Å². The van der Waals surface area contributed by atoms with Crippen LogP contribution >= 0.6 is 0 Å². The molecule has 2 heterocycles. The Kier molecular flexibility index (Phi) is 3.69. The number of nitrogens with zero attached hydrogens (tertiary/aromatic N) is 1. The lowest BCUT2D eigenvalue weighted by atomic mass is 9.79. The second-order valence-electron chi connectivity index (χ2n) is 4.91. The number of hydrogen-bond donors (Lipinski definition) is 1. The lowest BCUT2D eigenvalue weighted by molar-refractivity contribution is 0.0582. The third kappa shape index (κ3) is 2.48. The highest BCUT2D eigenvalue weighted by molar-refractivity contribution is 5.67. The van der Waals surface area contributed by atoms with Crippen LogP contribution in [0.15, 0.2) is 0 Å². The van der Waals surface area contributed by atoms with Crippen LogP contribution in [0.4, 0.5) is 4.79 Å². The molecule has 1 spiro atoms.